The van der Waals surface area contributed by atoms with Gasteiger partial charge in [-0.2, -0.15) is 5.10 Å². The summed E-state index contributed by atoms with van der Waals surface area (Å²) in [6.45, 7) is 2.78. The number of anilines is 2. The lowest BCUT2D eigenvalue weighted by molar-refractivity contribution is 0.0963. The van der Waals surface area contributed by atoms with Crippen molar-refractivity contribution in [1.29, 1.82) is 0 Å². The molecular weight excluding hydrogens is 489 g/mol. The number of amides is 3. The number of hydrogen-bond donors (Lipinski definition) is 1. The number of aryl methyl sites for hydroxylation is 1. The summed E-state index contributed by atoms with van der Waals surface area (Å²) in [6.07, 6.45) is 3.43. The lowest BCUT2D eigenvalue weighted by Gasteiger charge is -2.22. The van der Waals surface area contributed by atoms with Crippen LogP contribution < -0.4 is 20.8 Å². The molecule has 0 unspecified atom stereocenters. The molecule has 4 aromatic rings. The Morgan fingerprint density at radius 1 is 1.08 bits per heavy atom. The van der Waals surface area contributed by atoms with E-state index in [9.17, 15) is 14.4 Å². The van der Waals surface area contributed by atoms with Gasteiger partial charge in [-0.15, -0.1) is 0 Å². The van der Waals surface area contributed by atoms with E-state index in [1.54, 1.807) is 59.4 Å². The van der Waals surface area contributed by atoms with E-state index < -0.39 is 11.5 Å². The Kier molecular flexibility index (Phi) is 6.50. The van der Waals surface area contributed by atoms with Gasteiger partial charge in [0.05, 0.1) is 5.69 Å². The van der Waals surface area contributed by atoms with Crippen molar-refractivity contribution >= 4 is 23.4 Å². The molecule has 2 aromatic heterocycles. The molecule has 10 nitrogen and oxygen atoms in total. The van der Waals surface area contributed by atoms with Gasteiger partial charge in [-0.1, -0.05) is 19.1 Å². The van der Waals surface area contributed by atoms with Crippen molar-refractivity contribution in [2.75, 3.05) is 29.9 Å². The predicted molar refractivity (Wildman–Crippen MR) is 141 cm³/mol. The van der Waals surface area contributed by atoms with Crippen LogP contribution in [0.2, 0.25) is 0 Å². The molecule has 5 rings (SSSR count). The Hall–Kier alpha value is -4.80. The van der Waals surface area contributed by atoms with Crippen LogP contribution in [0.4, 0.5) is 20.7 Å². The van der Waals surface area contributed by atoms with Gasteiger partial charge in [-0.25, -0.2) is 28.2 Å². The van der Waals surface area contributed by atoms with Crippen LogP contribution in [-0.2, 0) is 13.5 Å². The number of urea groups is 1. The first kappa shape index (κ1) is 24.9. The minimum Gasteiger partial charge on any atom is -0.355 e. The molecule has 2 aromatic carbocycles. The van der Waals surface area contributed by atoms with Gasteiger partial charge in [0.25, 0.3) is 5.91 Å². The third-order valence-electron chi connectivity index (χ3n) is 6.64. The summed E-state index contributed by atoms with van der Waals surface area (Å²) in [5.41, 5.74) is 2.88. The van der Waals surface area contributed by atoms with Crippen LogP contribution in [0.15, 0.2) is 65.8 Å². The summed E-state index contributed by atoms with van der Waals surface area (Å²) >= 11 is 0. The topological polar surface area (TPSA) is 105 Å². The number of benzene rings is 2. The maximum atomic E-state index is 15.2. The number of aromatic nitrogens is 4. The first-order valence-electron chi connectivity index (χ1n) is 12.1. The first-order valence-corrected chi connectivity index (χ1v) is 12.1. The molecular formula is C27H26FN7O3. The van der Waals surface area contributed by atoms with Crippen LogP contribution in [0.5, 0.6) is 0 Å². The molecule has 11 heteroatoms. The Morgan fingerprint density at radius 3 is 2.55 bits per heavy atom. The second-order valence-electron chi connectivity index (χ2n) is 8.80. The van der Waals surface area contributed by atoms with Gasteiger partial charge >= 0.3 is 11.7 Å². The highest BCUT2D eigenvalue weighted by molar-refractivity contribution is 6.07. The van der Waals surface area contributed by atoms with Gasteiger partial charge in [0.1, 0.15) is 18.0 Å². The Bertz CT molecular complexity index is 1610. The Morgan fingerprint density at radius 2 is 1.87 bits per heavy atom. The van der Waals surface area contributed by atoms with E-state index >= 15 is 4.39 Å². The Labute approximate surface area is 217 Å². The molecule has 1 saturated heterocycles. The fourth-order valence-electron chi connectivity index (χ4n) is 4.68. The van der Waals surface area contributed by atoms with Crippen LogP contribution in [0.25, 0.3) is 16.8 Å². The van der Waals surface area contributed by atoms with Crippen molar-refractivity contribution in [1.82, 2.24) is 24.6 Å². The van der Waals surface area contributed by atoms with Crippen LogP contribution in [0.3, 0.4) is 0 Å². The molecule has 1 aliphatic rings. The zero-order valence-electron chi connectivity index (χ0n) is 21.2. The van der Waals surface area contributed by atoms with Gasteiger partial charge in [0.2, 0.25) is 0 Å². The van der Waals surface area contributed by atoms with Gasteiger partial charge in [0.15, 0.2) is 0 Å². The number of pyridine rings is 1. The van der Waals surface area contributed by atoms with E-state index in [2.05, 4.69) is 15.4 Å². The van der Waals surface area contributed by atoms with E-state index in [0.29, 0.717) is 42.1 Å². The molecule has 0 saturated carbocycles. The minimum atomic E-state index is -0.572. The van der Waals surface area contributed by atoms with Gasteiger partial charge in [-0.3, -0.25) is 14.6 Å². The zero-order valence-corrected chi connectivity index (χ0v) is 21.2. The van der Waals surface area contributed by atoms with Crippen molar-refractivity contribution in [3.05, 3.63) is 88.5 Å². The third-order valence-corrected chi connectivity index (χ3v) is 6.64. The highest BCUT2D eigenvalue weighted by atomic mass is 19.1. The quantitative estimate of drug-likeness (QED) is 0.425. The summed E-state index contributed by atoms with van der Waals surface area (Å²) in [5, 5.41) is 6.47. The van der Waals surface area contributed by atoms with E-state index in [4.69, 9.17) is 0 Å². The standard InChI is InChI=1S/C27H26FN7O3/c1-4-20-21(17-8-9-23(22(28)15-17)35-16-31-32(3)26(35)37)10-11-30-24(20)34-13-12-33(27(34)38)19-7-5-6-18(14-19)25(36)29-2/h5-11,14-16H,4,12-13H2,1-3H3,(H,29,36). The second-order valence-corrected chi connectivity index (χ2v) is 8.80. The van der Waals surface area contributed by atoms with Crippen molar-refractivity contribution in [2.45, 2.75) is 13.3 Å². The normalized spacial score (nSPS) is 13.3. The van der Waals surface area contributed by atoms with Crippen molar-refractivity contribution < 1.29 is 14.0 Å². The highest BCUT2D eigenvalue weighted by Crippen LogP contribution is 2.34. The maximum absolute atomic E-state index is 15.2. The number of rotatable bonds is 6. The van der Waals surface area contributed by atoms with Crippen LogP contribution in [-0.4, -0.2) is 51.4 Å². The molecule has 0 aliphatic carbocycles. The first-order chi connectivity index (χ1) is 18.3. The molecule has 1 N–H and O–H groups in total. The summed E-state index contributed by atoms with van der Waals surface area (Å²) in [4.78, 5) is 45.5. The van der Waals surface area contributed by atoms with Crippen molar-refractivity contribution in [3.63, 3.8) is 0 Å². The largest absolute Gasteiger partial charge is 0.355 e. The smallest absolute Gasteiger partial charge is 0.350 e. The number of nitrogens with one attached hydrogen (secondary N) is 1. The van der Waals surface area contributed by atoms with E-state index in [1.807, 2.05) is 6.92 Å². The highest BCUT2D eigenvalue weighted by Gasteiger charge is 2.33. The van der Waals surface area contributed by atoms with Crippen LogP contribution in [0.1, 0.15) is 22.8 Å². The SMILES string of the molecule is CCc1c(-c2ccc(-n3cnn(C)c3=O)c(F)c2)ccnc1N1CCN(c2cccc(C(=O)NC)c2)C1=O. The molecule has 1 fully saturated rings. The average Bonchev–Trinajstić information content (AvgIpc) is 3.48. The fraction of sp³-hybridized carbons (Fsp3) is 0.222. The third kappa shape index (κ3) is 4.21. The molecule has 38 heavy (non-hydrogen) atoms. The van der Waals surface area contributed by atoms with E-state index in [0.717, 1.165) is 20.4 Å². The van der Waals surface area contributed by atoms with E-state index in [-0.39, 0.29) is 17.6 Å². The van der Waals surface area contributed by atoms with Gasteiger partial charge < -0.3 is 5.32 Å². The average molecular weight is 516 g/mol. The fourth-order valence-corrected chi connectivity index (χ4v) is 4.68. The summed E-state index contributed by atoms with van der Waals surface area (Å²) in [6, 6.07) is 13.1. The van der Waals surface area contributed by atoms with Gasteiger partial charge in [-0.05, 0) is 53.9 Å². The predicted octanol–water partition coefficient (Wildman–Crippen LogP) is 3.14. The number of hydrogen-bond acceptors (Lipinski definition) is 5. The van der Waals surface area contributed by atoms with Gasteiger partial charge in [0, 0.05) is 50.2 Å². The van der Waals surface area contributed by atoms with Crippen molar-refractivity contribution in [2.24, 2.45) is 7.05 Å². The molecule has 3 amide bonds. The lowest BCUT2D eigenvalue weighted by atomic mass is 9.98. The molecule has 0 radical (unpaired) electrons. The molecule has 1 aliphatic heterocycles. The molecule has 194 valence electrons. The zero-order chi connectivity index (χ0) is 27.0. The second kappa shape index (κ2) is 9.92. The molecule has 0 spiro atoms. The summed E-state index contributed by atoms with van der Waals surface area (Å²) in [7, 11) is 3.05. The molecule has 0 bridgehead atoms. The number of halogens is 1. The van der Waals surface area contributed by atoms with Crippen molar-refractivity contribution in [3.8, 4) is 16.8 Å². The van der Waals surface area contributed by atoms with Crippen LogP contribution in [0, 0.1) is 5.82 Å². The monoisotopic (exact) mass is 515 g/mol. The summed E-state index contributed by atoms with van der Waals surface area (Å²) in [5.74, 6) is -0.296. The minimum absolute atomic E-state index is 0.100. The molecule has 3 heterocycles. The lowest BCUT2D eigenvalue weighted by Crippen LogP contribution is -2.33. The number of carbonyl (C=O) groups is 2. The Balaban J connectivity index is 1.48. The number of nitrogens with zero attached hydrogens (tertiary/aromatic N) is 6. The summed E-state index contributed by atoms with van der Waals surface area (Å²) < 4.78 is 17.4. The van der Waals surface area contributed by atoms with Crippen LogP contribution >= 0.6 is 0 Å². The maximum Gasteiger partial charge on any atom is 0.350 e. The van der Waals surface area contributed by atoms with E-state index in [1.165, 1.54) is 25.5 Å². The number of carbonyl (C=O) groups excluding carboxylic acids is 2. The molecule has 0 atom stereocenters.